The Labute approximate surface area is 144 Å². The SMILES string of the molecule is O=C(O)CN1CN(Cc2ccc(O)cc2)S(=O)(=O)c2cc(O)ccc21. The number of carbonyl (C=O) groups is 1. The van der Waals surface area contributed by atoms with Crippen LogP contribution < -0.4 is 4.90 Å². The molecule has 1 aliphatic rings. The molecule has 3 rings (SSSR count). The summed E-state index contributed by atoms with van der Waals surface area (Å²) >= 11 is 0. The van der Waals surface area contributed by atoms with E-state index in [1.54, 1.807) is 12.1 Å². The van der Waals surface area contributed by atoms with Gasteiger partial charge in [-0.1, -0.05) is 12.1 Å². The second kappa shape index (κ2) is 6.26. The maximum absolute atomic E-state index is 12.9. The number of sulfonamides is 1. The Bertz CT molecular complexity index is 911. The molecule has 0 radical (unpaired) electrons. The molecule has 1 heterocycles. The Hall–Kier alpha value is -2.78. The Morgan fingerprint density at radius 1 is 1.04 bits per heavy atom. The first-order valence-corrected chi connectivity index (χ1v) is 8.79. The number of fused-ring (bicyclic) bond motifs is 1. The monoisotopic (exact) mass is 364 g/mol. The van der Waals surface area contributed by atoms with Crippen LogP contribution in [-0.2, 0) is 21.4 Å². The van der Waals surface area contributed by atoms with Crippen LogP contribution in [0, 0.1) is 0 Å². The van der Waals surface area contributed by atoms with E-state index in [1.165, 1.54) is 29.2 Å². The minimum atomic E-state index is -3.91. The van der Waals surface area contributed by atoms with Gasteiger partial charge in [0, 0.05) is 12.6 Å². The highest BCUT2D eigenvalue weighted by molar-refractivity contribution is 7.89. The summed E-state index contributed by atoms with van der Waals surface area (Å²) in [5, 5.41) is 28.1. The number of benzene rings is 2. The fourth-order valence-corrected chi connectivity index (χ4v) is 4.31. The maximum Gasteiger partial charge on any atom is 0.323 e. The zero-order valence-electron chi connectivity index (χ0n) is 13.0. The molecule has 3 N–H and O–H groups in total. The summed E-state index contributed by atoms with van der Waals surface area (Å²) in [5.74, 6) is -1.25. The summed E-state index contributed by atoms with van der Waals surface area (Å²) in [6, 6.07) is 9.89. The lowest BCUT2D eigenvalue weighted by atomic mass is 10.2. The molecule has 2 aromatic carbocycles. The highest BCUT2D eigenvalue weighted by Crippen LogP contribution is 2.36. The number of aliphatic carboxylic acids is 1. The van der Waals surface area contributed by atoms with Gasteiger partial charge in [-0.05, 0) is 29.8 Å². The van der Waals surface area contributed by atoms with E-state index in [2.05, 4.69) is 0 Å². The number of phenols is 2. The third kappa shape index (κ3) is 3.37. The first-order chi connectivity index (χ1) is 11.8. The Morgan fingerprint density at radius 2 is 1.68 bits per heavy atom. The van der Waals surface area contributed by atoms with Crippen LogP contribution in [0.15, 0.2) is 47.4 Å². The van der Waals surface area contributed by atoms with Crippen molar-refractivity contribution >= 4 is 21.7 Å². The number of nitrogens with zero attached hydrogens (tertiary/aromatic N) is 2. The number of aromatic hydroxyl groups is 2. The molecule has 0 unspecified atom stereocenters. The van der Waals surface area contributed by atoms with Crippen LogP contribution in [0.2, 0.25) is 0 Å². The summed E-state index contributed by atoms with van der Waals surface area (Å²) < 4.78 is 26.8. The molecule has 0 aromatic heterocycles. The topological polar surface area (TPSA) is 118 Å². The Kier molecular flexibility index (Phi) is 4.27. The zero-order chi connectivity index (χ0) is 18.2. The van der Waals surface area contributed by atoms with Gasteiger partial charge in [0.1, 0.15) is 22.9 Å². The summed E-state index contributed by atoms with van der Waals surface area (Å²) in [6.45, 7) is -0.500. The van der Waals surface area contributed by atoms with Crippen LogP contribution in [0.1, 0.15) is 5.56 Å². The van der Waals surface area contributed by atoms with Crippen LogP contribution in [0.25, 0.3) is 0 Å². The average molecular weight is 364 g/mol. The smallest absolute Gasteiger partial charge is 0.323 e. The minimum Gasteiger partial charge on any atom is -0.508 e. The van der Waals surface area contributed by atoms with Crippen molar-refractivity contribution in [3.63, 3.8) is 0 Å². The lowest BCUT2D eigenvalue weighted by Crippen LogP contribution is -2.47. The molecule has 1 aliphatic heterocycles. The van der Waals surface area contributed by atoms with Crippen molar-refractivity contribution in [2.24, 2.45) is 0 Å². The molecule has 0 aliphatic carbocycles. The van der Waals surface area contributed by atoms with Crippen LogP contribution in [0.3, 0.4) is 0 Å². The third-order valence-corrected chi connectivity index (χ3v) is 5.66. The molecule has 25 heavy (non-hydrogen) atoms. The second-order valence-corrected chi connectivity index (χ2v) is 7.57. The van der Waals surface area contributed by atoms with Gasteiger partial charge in [0.15, 0.2) is 0 Å². The fourth-order valence-electron chi connectivity index (χ4n) is 2.69. The molecule has 0 saturated carbocycles. The molecule has 0 saturated heterocycles. The van der Waals surface area contributed by atoms with E-state index in [1.807, 2.05) is 0 Å². The van der Waals surface area contributed by atoms with E-state index in [0.29, 0.717) is 5.56 Å². The molecule has 0 spiro atoms. The molecule has 9 heteroatoms. The predicted molar refractivity (Wildman–Crippen MR) is 88.8 cm³/mol. The van der Waals surface area contributed by atoms with Crippen molar-refractivity contribution in [1.82, 2.24) is 4.31 Å². The fraction of sp³-hybridized carbons (Fsp3) is 0.188. The van der Waals surface area contributed by atoms with E-state index in [0.717, 1.165) is 10.4 Å². The van der Waals surface area contributed by atoms with Crippen molar-refractivity contribution in [2.75, 3.05) is 18.1 Å². The van der Waals surface area contributed by atoms with Crippen molar-refractivity contribution < 1.29 is 28.5 Å². The first kappa shape index (κ1) is 17.1. The molecular weight excluding hydrogens is 348 g/mol. The number of carboxylic acids is 1. The van der Waals surface area contributed by atoms with Crippen molar-refractivity contribution in [3.05, 3.63) is 48.0 Å². The van der Waals surface area contributed by atoms with Gasteiger partial charge in [0.05, 0.1) is 12.4 Å². The normalized spacial score (nSPS) is 16.4. The highest BCUT2D eigenvalue weighted by atomic mass is 32.2. The molecule has 0 amide bonds. The van der Waals surface area contributed by atoms with E-state index in [9.17, 15) is 23.4 Å². The number of hydrogen-bond donors (Lipinski definition) is 3. The van der Waals surface area contributed by atoms with Crippen LogP contribution >= 0.6 is 0 Å². The summed E-state index contributed by atoms with van der Waals surface area (Å²) in [6.07, 6.45) is 0. The molecule has 0 bridgehead atoms. The summed E-state index contributed by atoms with van der Waals surface area (Å²) in [4.78, 5) is 12.4. The van der Waals surface area contributed by atoms with Gasteiger partial charge in [0.2, 0.25) is 10.0 Å². The molecule has 0 atom stereocenters. The maximum atomic E-state index is 12.9. The van der Waals surface area contributed by atoms with Gasteiger partial charge >= 0.3 is 5.97 Å². The Morgan fingerprint density at radius 3 is 2.32 bits per heavy atom. The number of phenolic OH excluding ortho intramolecular Hbond substituents is 2. The molecule has 2 aromatic rings. The van der Waals surface area contributed by atoms with Gasteiger partial charge in [0.25, 0.3) is 0 Å². The van der Waals surface area contributed by atoms with Gasteiger partial charge in [-0.15, -0.1) is 0 Å². The zero-order valence-corrected chi connectivity index (χ0v) is 13.8. The number of carboxylic acid groups (broad SMARTS) is 1. The molecule has 8 nitrogen and oxygen atoms in total. The van der Waals surface area contributed by atoms with E-state index in [-0.39, 0.29) is 41.8 Å². The number of hydrogen-bond acceptors (Lipinski definition) is 6. The van der Waals surface area contributed by atoms with Gasteiger partial charge < -0.3 is 20.2 Å². The minimum absolute atomic E-state index is 0.00777. The van der Waals surface area contributed by atoms with E-state index in [4.69, 9.17) is 5.11 Å². The van der Waals surface area contributed by atoms with Crippen LogP contribution in [-0.4, -0.2) is 47.2 Å². The van der Waals surface area contributed by atoms with Gasteiger partial charge in [-0.2, -0.15) is 4.31 Å². The largest absolute Gasteiger partial charge is 0.508 e. The van der Waals surface area contributed by atoms with E-state index >= 15 is 0 Å². The highest BCUT2D eigenvalue weighted by Gasteiger charge is 2.36. The molecular formula is C16H16N2O6S. The van der Waals surface area contributed by atoms with Gasteiger partial charge in [-0.25, -0.2) is 8.42 Å². The quantitative estimate of drug-likeness (QED) is 0.745. The van der Waals surface area contributed by atoms with Crippen LogP contribution in [0.5, 0.6) is 11.5 Å². The van der Waals surface area contributed by atoms with Crippen molar-refractivity contribution in [1.29, 1.82) is 0 Å². The third-order valence-electron chi connectivity index (χ3n) is 3.85. The first-order valence-electron chi connectivity index (χ1n) is 7.35. The second-order valence-electron chi connectivity index (χ2n) is 5.67. The van der Waals surface area contributed by atoms with Gasteiger partial charge in [-0.3, -0.25) is 4.79 Å². The summed E-state index contributed by atoms with van der Waals surface area (Å²) in [7, 11) is -3.91. The van der Waals surface area contributed by atoms with Crippen molar-refractivity contribution in [3.8, 4) is 11.5 Å². The summed E-state index contributed by atoms with van der Waals surface area (Å²) in [5.41, 5.74) is 0.877. The Balaban J connectivity index is 2.02. The van der Waals surface area contributed by atoms with Crippen molar-refractivity contribution in [2.45, 2.75) is 11.4 Å². The van der Waals surface area contributed by atoms with Crippen LogP contribution in [0.4, 0.5) is 5.69 Å². The molecule has 0 fully saturated rings. The lowest BCUT2D eigenvalue weighted by Gasteiger charge is -2.36. The standard InChI is InChI=1S/C16H16N2O6S/c19-12-3-1-11(2-4-12)8-18-10-17(9-16(21)22)14-6-5-13(20)7-15(14)25(18,23)24/h1-7,19-20H,8-10H2,(H,21,22). The lowest BCUT2D eigenvalue weighted by molar-refractivity contribution is -0.135. The van der Waals surface area contributed by atoms with E-state index < -0.39 is 16.0 Å². The number of rotatable bonds is 4. The average Bonchev–Trinajstić information content (AvgIpc) is 2.54. The number of anilines is 1. The molecule has 132 valence electrons. The predicted octanol–water partition coefficient (Wildman–Crippen LogP) is 1.15.